The summed E-state index contributed by atoms with van der Waals surface area (Å²) >= 11 is 0. The van der Waals surface area contributed by atoms with Gasteiger partial charge in [-0.05, 0) is 30.1 Å². The van der Waals surface area contributed by atoms with Crippen LogP contribution in [-0.2, 0) is 0 Å². The topological polar surface area (TPSA) is 38.0 Å². The normalized spacial score (nSPS) is 40.6. The van der Waals surface area contributed by atoms with E-state index in [1.807, 2.05) is 0 Å². The van der Waals surface area contributed by atoms with Crippen LogP contribution in [0.3, 0.4) is 0 Å². The molecule has 0 spiro atoms. The fraction of sp³-hybridized carbons (Fsp3) is 1.00. The predicted molar refractivity (Wildman–Crippen MR) is 60.3 cm³/mol. The first-order valence-corrected chi connectivity index (χ1v) is 4.41. The monoisotopic (exact) mass is 226 g/mol. The average Bonchev–Trinajstić information content (AvgIpc) is 1.53. The lowest BCUT2D eigenvalue weighted by Gasteiger charge is -2.75. The van der Waals surface area contributed by atoms with E-state index >= 15 is 0 Å². The summed E-state index contributed by atoms with van der Waals surface area (Å²) < 4.78 is 0. The predicted octanol–water partition coefficient (Wildman–Crippen LogP) is 2.26. The third kappa shape index (κ3) is 1.48. The molecule has 0 unspecified atom stereocenters. The Morgan fingerprint density at radius 3 is 1.69 bits per heavy atom. The number of nitrogens with two attached hydrogens (primary N) is 1. The van der Waals surface area contributed by atoms with Gasteiger partial charge in [-0.25, -0.2) is 0 Å². The van der Waals surface area contributed by atoms with Crippen molar-refractivity contribution in [1.82, 2.24) is 5.43 Å². The first-order valence-electron chi connectivity index (χ1n) is 4.41. The highest BCUT2D eigenvalue weighted by atomic mass is 35.5. The summed E-state index contributed by atoms with van der Waals surface area (Å²) in [4.78, 5) is 0. The van der Waals surface area contributed by atoms with Gasteiger partial charge in [-0.1, -0.05) is 20.8 Å². The van der Waals surface area contributed by atoms with Gasteiger partial charge in [0.25, 0.3) is 0 Å². The van der Waals surface area contributed by atoms with Gasteiger partial charge in [-0.2, -0.15) is 0 Å². The SMILES string of the molecule is CC(C)(C)C12CC(NN)(C1)C2.Cl.Cl. The van der Waals surface area contributed by atoms with Crippen molar-refractivity contribution in [2.45, 2.75) is 45.6 Å². The molecule has 3 aliphatic carbocycles. The summed E-state index contributed by atoms with van der Waals surface area (Å²) in [7, 11) is 0. The summed E-state index contributed by atoms with van der Waals surface area (Å²) in [5, 5.41) is 0. The number of nitrogens with one attached hydrogen (secondary N) is 1. The summed E-state index contributed by atoms with van der Waals surface area (Å²) in [6.45, 7) is 7.02. The quantitative estimate of drug-likeness (QED) is 0.532. The van der Waals surface area contributed by atoms with Crippen molar-refractivity contribution in [3.8, 4) is 0 Å². The molecular weight excluding hydrogens is 207 g/mol. The van der Waals surface area contributed by atoms with Crippen LogP contribution in [-0.4, -0.2) is 5.54 Å². The molecule has 4 heteroatoms. The van der Waals surface area contributed by atoms with Gasteiger partial charge in [-0.15, -0.1) is 24.8 Å². The third-order valence-electron chi connectivity index (χ3n) is 3.93. The number of rotatable bonds is 1. The van der Waals surface area contributed by atoms with Gasteiger partial charge in [0.05, 0.1) is 0 Å². The molecule has 13 heavy (non-hydrogen) atoms. The van der Waals surface area contributed by atoms with E-state index in [1.165, 1.54) is 19.3 Å². The molecule has 2 nitrogen and oxygen atoms in total. The van der Waals surface area contributed by atoms with Gasteiger partial charge in [0.1, 0.15) is 0 Å². The van der Waals surface area contributed by atoms with Crippen molar-refractivity contribution in [1.29, 1.82) is 0 Å². The van der Waals surface area contributed by atoms with Crippen molar-refractivity contribution in [2.24, 2.45) is 16.7 Å². The lowest BCUT2D eigenvalue weighted by molar-refractivity contribution is -0.217. The molecule has 3 rings (SSSR count). The molecule has 0 aromatic heterocycles. The molecule has 2 bridgehead atoms. The van der Waals surface area contributed by atoms with E-state index in [0.717, 1.165) is 0 Å². The Balaban J connectivity index is 0.000000720. The molecule has 0 atom stereocenters. The number of halogens is 2. The Kier molecular flexibility index (Phi) is 3.39. The van der Waals surface area contributed by atoms with Gasteiger partial charge < -0.3 is 0 Å². The second kappa shape index (κ2) is 3.27. The lowest BCUT2D eigenvalue weighted by atomic mass is 9.33. The van der Waals surface area contributed by atoms with Crippen LogP contribution in [0.5, 0.6) is 0 Å². The Bertz CT molecular complexity index is 179. The van der Waals surface area contributed by atoms with Gasteiger partial charge in [-0.3, -0.25) is 11.3 Å². The highest BCUT2D eigenvalue weighted by Gasteiger charge is 2.71. The van der Waals surface area contributed by atoms with Gasteiger partial charge in [0, 0.05) is 5.54 Å². The van der Waals surface area contributed by atoms with Crippen LogP contribution in [0.1, 0.15) is 40.0 Å². The van der Waals surface area contributed by atoms with E-state index in [2.05, 4.69) is 26.2 Å². The van der Waals surface area contributed by atoms with Crippen molar-refractivity contribution >= 4 is 24.8 Å². The minimum Gasteiger partial charge on any atom is -0.271 e. The Labute approximate surface area is 92.8 Å². The van der Waals surface area contributed by atoms with Crippen LogP contribution >= 0.6 is 24.8 Å². The largest absolute Gasteiger partial charge is 0.271 e. The minimum absolute atomic E-state index is 0. The third-order valence-corrected chi connectivity index (χ3v) is 3.93. The van der Waals surface area contributed by atoms with Crippen molar-refractivity contribution in [2.75, 3.05) is 0 Å². The zero-order chi connectivity index (χ0) is 8.33. The fourth-order valence-electron chi connectivity index (χ4n) is 2.74. The first-order chi connectivity index (χ1) is 4.93. The lowest BCUT2D eigenvalue weighted by Crippen LogP contribution is -2.78. The molecule has 3 aliphatic rings. The van der Waals surface area contributed by atoms with Gasteiger partial charge in [0.2, 0.25) is 0 Å². The van der Waals surface area contributed by atoms with Crippen molar-refractivity contribution in [3.05, 3.63) is 0 Å². The molecular formula is C9H20Cl2N2. The van der Waals surface area contributed by atoms with Crippen LogP contribution in [0.15, 0.2) is 0 Å². The van der Waals surface area contributed by atoms with E-state index in [-0.39, 0.29) is 24.8 Å². The van der Waals surface area contributed by atoms with Gasteiger partial charge in [0.15, 0.2) is 0 Å². The smallest absolute Gasteiger partial charge is 0.0337 e. The standard InChI is InChI=1S/C9H18N2.2ClH/c1-7(2,3)8-4-9(5-8,6-8)11-10;;/h11H,4-6,10H2,1-3H3;2*1H. The number of hydrazine groups is 1. The van der Waals surface area contributed by atoms with Crippen LogP contribution in [0.25, 0.3) is 0 Å². The molecule has 0 aliphatic heterocycles. The van der Waals surface area contributed by atoms with E-state index in [1.54, 1.807) is 0 Å². The number of hydrogen-bond acceptors (Lipinski definition) is 2. The highest BCUT2D eigenvalue weighted by Crippen LogP contribution is 2.73. The van der Waals surface area contributed by atoms with E-state index in [4.69, 9.17) is 5.84 Å². The van der Waals surface area contributed by atoms with Crippen LogP contribution in [0, 0.1) is 10.8 Å². The molecule has 0 saturated heterocycles. The number of hydrogen-bond donors (Lipinski definition) is 2. The molecule has 3 saturated carbocycles. The molecule has 0 radical (unpaired) electrons. The maximum atomic E-state index is 5.46. The highest BCUT2D eigenvalue weighted by molar-refractivity contribution is 5.85. The maximum Gasteiger partial charge on any atom is 0.0337 e. The zero-order valence-corrected chi connectivity index (χ0v) is 10.1. The van der Waals surface area contributed by atoms with Crippen LogP contribution in [0.2, 0.25) is 0 Å². The Morgan fingerprint density at radius 1 is 1.08 bits per heavy atom. The molecule has 3 N–H and O–H groups in total. The molecule has 0 aromatic carbocycles. The second-order valence-electron chi connectivity index (χ2n) is 5.49. The summed E-state index contributed by atoms with van der Waals surface area (Å²) in [6.07, 6.45) is 3.88. The van der Waals surface area contributed by atoms with E-state index < -0.39 is 0 Å². The van der Waals surface area contributed by atoms with Crippen LogP contribution in [0.4, 0.5) is 0 Å². The molecule has 0 aromatic rings. The second-order valence-corrected chi connectivity index (χ2v) is 5.49. The fourth-order valence-corrected chi connectivity index (χ4v) is 2.74. The molecule has 3 fully saturated rings. The minimum atomic E-state index is 0. The first kappa shape index (κ1) is 13.5. The zero-order valence-electron chi connectivity index (χ0n) is 8.52. The Morgan fingerprint density at radius 2 is 1.46 bits per heavy atom. The molecule has 80 valence electrons. The van der Waals surface area contributed by atoms with E-state index in [0.29, 0.717) is 16.4 Å². The molecule has 0 amide bonds. The van der Waals surface area contributed by atoms with Gasteiger partial charge >= 0.3 is 0 Å². The molecule has 0 heterocycles. The average molecular weight is 227 g/mol. The van der Waals surface area contributed by atoms with Crippen molar-refractivity contribution < 1.29 is 0 Å². The summed E-state index contributed by atoms with van der Waals surface area (Å²) in [6, 6.07) is 0. The summed E-state index contributed by atoms with van der Waals surface area (Å²) in [5.74, 6) is 5.46. The summed E-state index contributed by atoms with van der Waals surface area (Å²) in [5.41, 5.74) is 4.40. The van der Waals surface area contributed by atoms with Crippen molar-refractivity contribution in [3.63, 3.8) is 0 Å². The Hall–Kier alpha value is 0.500. The maximum absolute atomic E-state index is 5.46. The van der Waals surface area contributed by atoms with Crippen LogP contribution < -0.4 is 11.3 Å². The van der Waals surface area contributed by atoms with E-state index in [9.17, 15) is 0 Å².